The first-order valence-corrected chi connectivity index (χ1v) is 8.65. The normalized spacial score (nSPS) is 31.2. The van der Waals surface area contributed by atoms with Crippen molar-refractivity contribution in [1.29, 1.82) is 0 Å². The lowest BCUT2D eigenvalue weighted by Crippen LogP contribution is -2.72. The lowest BCUT2D eigenvalue weighted by molar-refractivity contribution is -0.171. The first kappa shape index (κ1) is 15.0. The van der Waals surface area contributed by atoms with Crippen LogP contribution in [0.1, 0.15) is 46.5 Å². The lowest BCUT2D eigenvalue weighted by atomic mass is 9.46. The highest BCUT2D eigenvalue weighted by Crippen LogP contribution is 2.62. The Morgan fingerprint density at radius 3 is 2.87 bits per heavy atom. The maximum atomic E-state index is 12.5. The molecule has 2 aliphatic carbocycles. The van der Waals surface area contributed by atoms with Crippen LogP contribution in [0.15, 0.2) is 12.3 Å². The van der Waals surface area contributed by atoms with Gasteiger partial charge in [0.2, 0.25) is 0 Å². The van der Waals surface area contributed by atoms with E-state index in [0.29, 0.717) is 12.0 Å². The Bertz CT molecular complexity index is 614. The minimum atomic E-state index is -0.165. The van der Waals surface area contributed by atoms with E-state index in [9.17, 15) is 4.79 Å². The first-order valence-electron chi connectivity index (χ1n) is 8.65. The van der Waals surface area contributed by atoms with Gasteiger partial charge in [0.1, 0.15) is 5.82 Å². The first-order chi connectivity index (χ1) is 10.9. The molecule has 23 heavy (non-hydrogen) atoms. The van der Waals surface area contributed by atoms with Crippen LogP contribution in [-0.4, -0.2) is 34.6 Å². The topological polar surface area (TPSA) is 68.2 Å². The van der Waals surface area contributed by atoms with E-state index in [2.05, 4.69) is 36.5 Å². The Hall–Kier alpha value is -1.56. The number of hydrogen-bond acceptors (Lipinski definition) is 3. The second-order valence-electron chi connectivity index (χ2n) is 8.21. The number of carbonyl (C=O) groups is 1. The van der Waals surface area contributed by atoms with E-state index in [4.69, 9.17) is 4.74 Å². The molecule has 2 heterocycles. The quantitative estimate of drug-likeness (QED) is 0.881. The molecule has 2 saturated carbocycles. The van der Waals surface area contributed by atoms with Crippen LogP contribution < -0.4 is 10.6 Å². The van der Waals surface area contributed by atoms with Gasteiger partial charge in [0.15, 0.2) is 0 Å². The number of rotatable bonds is 2. The zero-order chi connectivity index (χ0) is 16.2. The fourth-order valence-corrected chi connectivity index (χ4v) is 4.68. The van der Waals surface area contributed by atoms with Crippen molar-refractivity contribution < 1.29 is 9.53 Å². The van der Waals surface area contributed by atoms with E-state index in [0.717, 1.165) is 18.8 Å². The summed E-state index contributed by atoms with van der Waals surface area (Å²) in [5, 5.41) is 10.5. The lowest BCUT2D eigenvalue weighted by Gasteiger charge is -2.63. The van der Waals surface area contributed by atoms with Crippen LogP contribution in [-0.2, 0) is 10.3 Å². The van der Waals surface area contributed by atoms with Crippen molar-refractivity contribution in [3.8, 4) is 0 Å². The summed E-state index contributed by atoms with van der Waals surface area (Å²) in [6.07, 6.45) is 6.78. The molecule has 1 aromatic rings. The summed E-state index contributed by atoms with van der Waals surface area (Å²) in [5.41, 5.74) is 0.0466. The molecule has 2 N–H and O–H groups in total. The van der Waals surface area contributed by atoms with Crippen LogP contribution in [0.4, 0.5) is 10.6 Å². The number of carbonyl (C=O) groups excluding carboxylic acids is 1. The molecule has 1 saturated heterocycles. The molecule has 0 aromatic carbocycles. The molecule has 4 rings (SSSR count). The second-order valence-corrected chi connectivity index (χ2v) is 8.21. The summed E-state index contributed by atoms with van der Waals surface area (Å²) in [7, 11) is 0. The van der Waals surface area contributed by atoms with E-state index >= 15 is 0 Å². The van der Waals surface area contributed by atoms with Crippen molar-refractivity contribution in [1.82, 2.24) is 15.1 Å². The number of amides is 2. The zero-order valence-electron chi connectivity index (χ0n) is 14.1. The van der Waals surface area contributed by atoms with E-state index in [1.165, 1.54) is 19.3 Å². The standard InChI is InChI=1S/C17H26N4O2/c1-16(2,3)21-12(5-9-18-21)19-15(22)20-13-11-6-10-23-14(11)17(13)7-4-8-17/h5,9,11,13-14H,4,6-8,10H2,1-3H3,(H2,19,20,22)/t11-,13+,14+/m0/s1. The van der Waals surface area contributed by atoms with Gasteiger partial charge >= 0.3 is 6.03 Å². The van der Waals surface area contributed by atoms with E-state index < -0.39 is 0 Å². The number of hydrogen-bond donors (Lipinski definition) is 2. The summed E-state index contributed by atoms with van der Waals surface area (Å²) in [5.74, 6) is 1.23. The van der Waals surface area contributed by atoms with Crippen LogP contribution in [0.5, 0.6) is 0 Å². The minimum absolute atomic E-state index is 0.127. The van der Waals surface area contributed by atoms with Crippen LogP contribution in [0, 0.1) is 11.3 Å². The van der Waals surface area contributed by atoms with Gasteiger partial charge in [-0.1, -0.05) is 6.42 Å². The highest BCUT2D eigenvalue weighted by molar-refractivity contribution is 5.88. The fraction of sp³-hybridized carbons (Fsp3) is 0.765. The van der Waals surface area contributed by atoms with Crippen LogP contribution in [0.25, 0.3) is 0 Å². The van der Waals surface area contributed by atoms with Gasteiger partial charge in [0, 0.05) is 30.0 Å². The zero-order valence-corrected chi connectivity index (χ0v) is 14.1. The average molecular weight is 318 g/mol. The number of nitrogens with one attached hydrogen (secondary N) is 2. The Morgan fingerprint density at radius 1 is 1.43 bits per heavy atom. The molecule has 126 valence electrons. The molecule has 0 bridgehead atoms. The molecular formula is C17H26N4O2. The maximum absolute atomic E-state index is 12.5. The maximum Gasteiger partial charge on any atom is 0.320 e. The van der Waals surface area contributed by atoms with Gasteiger partial charge in [-0.2, -0.15) is 5.10 Å². The summed E-state index contributed by atoms with van der Waals surface area (Å²) >= 11 is 0. The highest BCUT2D eigenvalue weighted by atomic mass is 16.5. The van der Waals surface area contributed by atoms with Gasteiger partial charge in [-0.3, -0.25) is 5.32 Å². The molecule has 3 atom stereocenters. The summed E-state index contributed by atoms with van der Waals surface area (Å²) < 4.78 is 7.75. The van der Waals surface area contributed by atoms with Crippen LogP contribution in [0.2, 0.25) is 0 Å². The third-order valence-corrected chi connectivity index (χ3v) is 5.84. The van der Waals surface area contributed by atoms with Crippen molar-refractivity contribution in [2.24, 2.45) is 11.3 Å². The predicted molar refractivity (Wildman–Crippen MR) is 87.3 cm³/mol. The Balaban J connectivity index is 1.44. The van der Waals surface area contributed by atoms with Crippen molar-refractivity contribution in [3.05, 3.63) is 12.3 Å². The van der Waals surface area contributed by atoms with Gasteiger partial charge in [-0.05, 0) is 40.0 Å². The summed E-state index contributed by atoms with van der Waals surface area (Å²) in [4.78, 5) is 12.5. The van der Waals surface area contributed by atoms with Gasteiger partial charge in [-0.25, -0.2) is 9.48 Å². The number of ether oxygens (including phenoxy) is 1. The molecule has 2 amide bonds. The second kappa shape index (κ2) is 4.97. The van der Waals surface area contributed by atoms with Crippen molar-refractivity contribution in [2.75, 3.05) is 11.9 Å². The van der Waals surface area contributed by atoms with Crippen molar-refractivity contribution >= 4 is 11.8 Å². The average Bonchev–Trinajstić information content (AvgIpc) is 3.01. The summed E-state index contributed by atoms with van der Waals surface area (Å²) in [6.45, 7) is 7.05. The molecule has 1 aliphatic heterocycles. The largest absolute Gasteiger partial charge is 0.377 e. The SMILES string of the molecule is CC(C)(C)n1nccc1NC(=O)N[C@@H]1[C@@H]2CCO[C@H]2C12CCC2. The van der Waals surface area contributed by atoms with Crippen molar-refractivity contribution in [3.63, 3.8) is 0 Å². The molecule has 1 aromatic heterocycles. The molecule has 0 radical (unpaired) electrons. The van der Waals surface area contributed by atoms with Gasteiger partial charge < -0.3 is 10.1 Å². The Kier molecular flexibility index (Phi) is 3.24. The van der Waals surface area contributed by atoms with Crippen molar-refractivity contribution in [2.45, 2.75) is 64.1 Å². The molecule has 3 aliphatic rings. The number of anilines is 1. The number of aromatic nitrogens is 2. The molecule has 1 spiro atoms. The molecule has 0 unspecified atom stereocenters. The molecule has 3 fully saturated rings. The smallest absolute Gasteiger partial charge is 0.320 e. The minimum Gasteiger partial charge on any atom is -0.377 e. The van der Waals surface area contributed by atoms with Crippen LogP contribution in [0.3, 0.4) is 0 Å². The molecular weight excluding hydrogens is 292 g/mol. The van der Waals surface area contributed by atoms with Crippen LogP contribution >= 0.6 is 0 Å². The van der Waals surface area contributed by atoms with Gasteiger partial charge in [-0.15, -0.1) is 0 Å². The van der Waals surface area contributed by atoms with E-state index in [1.807, 2.05) is 10.7 Å². The number of nitrogens with zero attached hydrogens (tertiary/aromatic N) is 2. The third-order valence-electron chi connectivity index (χ3n) is 5.84. The monoisotopic (exact) mass is 318 g/mol. The van der Waals surface area contributed by atoms with E-state index in [1.54, 1.807) is 6.20 Å². The van der Waals surface area contributed by atoms with Gasteiger partial charge in [0.25, 0.3) is 0 Å². The Labute approximate surface area is 137 Å². The molecule has 6 heteroatoms. The molecule has 6 nitrogen and oxygen atoms in total. The third kappa shape index (κ3) is 2.18. The van der Waals surface area contributed by atoms with E-state index in [-0.39, 0.29) is 23.0 Å². The highest BCUT2D eigenvalue weighted by Gasteiger charge is 2.67. The predicted octanol–water partition coefficient (Wildman–Crippen LogP) is 2.72. The van der Waals surface area contributed by atoms with Gasteiger partial charge in [0.05, 0.1) is 17.8 Å². The Morgan fingerprint density at radius 2 is 2.22 bits per heavy atom. The number of fused-ring (bicyclic) bond motifs is 2. The fourth-order valence-electron chi connectivity index (χ4n) is 4.68. The number of urea groups is 1. The summed E-state index contributed by atoms with van der Waals surface area (Å²) in [6, 6.07) is 1.97.